The number of hydrogen-bond donors (Lipinski definition) is 1. The number of rotatable bonds is 5. The van der Waals surface area contributed by atoms with Crippen LogP contribution in [0, 0.1) is 0 Å². The summed E-state index contributed by atoms with van der Waals surface area (Å²) >= 11 is 0. The molecule has 1 saturated heterocycles. The summed E-state index contributed by atoms with van der Waals surface area (Å²) in [4.78, 5) is 13.3. The lowest BCUT2D eigenvalue weighted by Crippen LogP contribution is -2.49. The number of piperazine rings is 1. The number of nitrogens with one attached hydrogen (secondary N) is 1. The lowest BCUT2D eigenvalue weighted by Gasteiger charge is -2.34. The van der Waals surface area contributed by atoms with Crippen LogP contribution in [-0.4, -0.2) is 55.0 Å². The van der Waals surface area contributed by atoms with Crippen molar-refractivity contribution in [1.82, 2.24) is 14.5 Å². The third-order valence-corrected chi connectivity index (χ3v) is 6.71. The average Bonchev–Trinajstić information content (AvgIpc) is 3.29. The zero-order chi connectivity index (χ0) is 21.1. The number of aromatic nitrogens is 2. The minimum absolute atomic E-state index is 0.202. The van der Waals surface area contributed by atoms with Crippen molar-refractivity contribution in [3.05, 3.63) is 54.8 Å². The van der Waals surface area contributed by atoms with E-state index in [0.29, 0.717) is 49.1 Å². The number of nitrogens with zero attached hydrogens (tertiary/aromatic N) is 4. The number of amides is 1. The number of anilines is 2. The molecule has 0 aliphatic carbocycles. The molecule has 1 aliphatic heterocycles. The van der Waals surface area contributed by atoms with Crippen LogP contribution in [0.5, 0.6) is 0 Å². The largest absolute Gasteiger partial charge is 0.463 e. The Morgan fingerprint density at radius 1 is 1.00 bits per heavy atom. The van der Waals surface area contributed by atoms with Crippen LogP contribution >= 0.6 is 0 Å². The zero-order valence-electron chi connectivity index (χ0n) is 16.4. The molecular formula is C20H21N5O4S. The van der Waals surface area contributed by atoms with E-state index in [0.717, 1.165) is 0 Å². The van der Waals surface area contributed by atoms with Crippen molar-refractivity contribution < 1.29 is 17.6 Å². The first-order valence-electron chi connectivity index (χ1n) is 9.44. The van der Waals surface area contributed by atoms with E-state index in [4.69, 9.17) is 4.42 Å². The first-order valence-corrected chi connectivity index (χ1v) is 10.9. The second-order valence-corrected chi connectivity index (χ2v) is 8.79. The van der Waals surface area contributed by atoms with Gasteiger partial charge < -0.3 is 14.6 Å². The molecule has 1 amide bonds. The third-order valence-electron chi connectivity index (χ3n) is 4.80. The summed E-state index contributed by atoms with van der Waals surface area (Å²) in [5, 5.41) is 11.1. The molecule has 1 fully saturated rings. The van der Waals surface area contributed by atoms with Gasteiger partial charge in [-0.05, 0) is 48.5 Å². The summed E-state index contributed by atoms with van der Waals surface area (Å²) in [6.45, 7) is 3.11. The molecule has 0 saturated carbocycles. The molecule has 9 nitrogen and oxygen atoms in total. The highest BCUT2D eigenvalue weighted by atomic mass is 32.2. The van der Waals surface area contributed by atoms with E-state index in [1.54, 1.807) is 24.5 Å². The van der Waals surface area contributed by atoms with E-state index in [1.807, 2.05) is 23.1 Å². The summed E-state index contributed by atoms with van der Waals surface area (Å²) in [5.41, 5.74) is 1.20. The molecule has 0 spiro atoms. The summed E-state index contributed by atoms with van der Waals surface area (Å²) in [5.74, 6) is 1.14. The van der Waals surface area contributed by atoms with Crippen molar-refractivity contribution in [2.45, 2.75) is 11.8 Å². The molecule has 0 unspecified atom stereocenters. The molecule has 3 aromatic rings. The van der Waals surface area contributed by atoms with Crippen LogP contribution in [0.4, 0.5) is 11.5 Å². The van der Waals surface area contributed by atoms with E-state index in [1.165, 1.54) is 23.4 Å². The van der Waals surface area contributed by atoms with Crippen molar-refractivity contribution in [3.8, 4) is 11.5 Å². The minimum Gasteiger partial charge on any atom is -0.463 e. The van der Waals surface area contributed by atoms with Crippen LogP contribution < -0.4 is 10.2 Å². The predicted octanol–water partition coefficient (Wildman–Crippen LogP) is 2.21. The molecular weight excluding hydrogens is 406 g/mol. The van der Waals surface area contributed by atoms with Gasteiger partial charge in [-0.1, -0.05) is 0 Å². The fourth-order valence-corrected chi connectivity index (χ4v) is 4.69. The van der Waals surface area contributed by atoms with Crippen LogP contribution in [0.3, 0.4) is 0 Å². The van der Waals surface area contributed by atoms with Gasteiger partial charge in [0.2, 0.25) is 15.9 Å². The molecule has 2 aromatic heterocycles. The number of furan rings is 1. The minimum atomic E-state index is -3.60. The maximum Gasteiger partial charge on any atom is 0.243 e. The number of sulfonamides is 1. The molecule has 1 N–H and O–H groups in total. The van der Waals surface area contributed by atoms with Crippen LogP contribution in [0.25, 0.3) is 11.5 Å². The van der Waals surface area contributed by atoms with Gasteiger partial charge >= 0.3 is 0 Å². The Morgan fingerprint density at radius 3 is 2.30 bits per heavy atom. The lowest BCUT2D eigenvalue weighted by molar-refractivity contribution is -0.114. The highest BCUT2D eigenvalue weighted by Crippen LogP contribution is 2.23. The normalized spacial score (nSPS) is 15.2. The maximum atomic E-state index is 12.9. The molecule has 3 heterocycles. The van der Waals surface area contributed by atoms with Crippen molar-refractivity contribution in [3.63, 3.8) is 0 Å². The SMILES string of the molecule is CC(=O)Nc1ccc(S(=O)(=O)N2CCN(c3ccc(-c4ccco4)nn3)CC2)cc1. The smallest absolute Gasteiger partial charge is 0.243 e. The van der Waals surface area contributed by atoms with Gasteiger partial charge in [0.25, 0.3) is 0 Å². The standard InChI is InChI=1S/C20H21N5O4S/c1-15(26)21-16-4-6-17(7-5-16)30(27,28)25-12-10-24(11-13-25)20-9-8-18(22-23-20)19-3-2-14-29-19/h2-9,14H,10-13H2,1H3,(H,21,26). The van der Waals surface area contributed by atoms with Gasteiger partial charge in [-0.15, -0.1) is 10.2 Å². The van der Waals surface area contributed by atoms with Gasteiger partial charge in [0.05, 0.1) is 11.2 Å². The van der Waals surface area contributed by atoms with Crippen molar-refractivity contribution in [2.24, 2.45) is 0 Å². The summed E-state index contributed by atoms with van der Waals surface area (Å²) in [7, 11) is -3.60. The summed E-state index contributed by atoms with van der Waals surface area (Å²) in [6.07, 6.45) is 1.58. The Balaban J connectivity index is 1.40. The van der Waals surface area contributed by atoms with E-state index in [9.17, 15) is 13.2 Å². The molecule has 1 aliphatic rings. The van der Waals surface area contributed by atoms with E-state index in [-0.39, 0.29) is 10.8 Å². The van der Waals surface area contributed by atoms with Gasteiger partial charge in [-0.2, -0.15) is 4.31 Å². The summed E-state index contributed by atoms with van der Waals surface area (Å²) < 4.78 is 32.6. The fourth-order valence-electron chi connectivity index (χ4n) is 3.27. The van der Waals surface area contributed by atoms with Crippen molar-refractivity contribution in [1.29, 1.82) is 0 Å². The van der Waals surface area contributed by atoms with Crippen LogP contribution in [0.15, 0.2) is 64.1 Å². The van der Waals surface area contributed by atoms with Crippen LogP contribution in [0.1, 0.15) is 6.92 Å². The zero-order valence-corrected chi connectivity index (χ0v) is 17.2. The Hall–Kier alpha value is -3.24. The maximum absolute atomic E-state index is 12.9. The second kappa shape index (κ2) is 8.25. The van der Waals surface area contributed by atoms with Crippen molar-refractivity contribution in [2.75, 3.05) is 36.4 Å². The number of benzene rings is 1. The first kappa shape index (κ1) is 20.0. The van der Waals surface area contributed by atoms with Crippen LogP contribution in [-0.2, 0) is 14.8 Å². The first-order chi connectivity index (χ1) is 14.4. The van der Waals surface area contributed by atoms with E-state index in [2.05, 4.69) is 15.5 Å². The molecule has 0 bridgehead atoms. The number of hydrogen-bond acceptors (Lipinski definition) is 7. The quantitative estimate of drug-likeness (QED) is 0.665. The van der Waals surface area contributed by atoms with E-state index >= 15 is 0 Å². The molecule has 0 radical (unpaired) electrons. The van der Waals surface area contributed by atoms with E-state index < -0.39 is 10.0 Å². The second-order valence-electron chi connectivity index (χ2n) is 6.85. The average molecular weight is 427 g/mol. The fraction of sp³-hybridized carbons (Fsp3) is 0.250. The van der Waals surface area contributed by atoms with Gasteiger partial charge in [-0.3, -0.25) is 4.79 Å². The highest BCUT2D eigenvalue weighted by molar-refractivity contribution is 7.89. The van der Waals surface area contributed by atoms with Gasteiger partial charge in [0, 0.05) is 38.8 Å². The molecule has 10 heteroatoms. The topological polar surface area (TPSA) is 109 Å². The Labute approximate surface area is 174 Å². The highest BCUT2D eigenvalue weighted by Gasteiger charge is 2.29. The van der Waals surface area contributed by atoms with Gasteiger partial charge in [0.15, 0.2) is 11.6 Å². The predicted molar refractivity (Wildman–Crippen MR) is 111 cm³/mol. The summed E-state index contributed by atoms with van der Waals surface area (Å²) in [6, 6.07) is 13.5. The van der Waals surface area contributed by atoms with Crippen LogP contribution in [0.2, 0.25) is 0 Å². The Kier molecular flexibility index (Phi) is 5.51. The molecule has 156 valence electrons. The van der Waals surface area contributed by atoms with Crippen molar-refractivity contribution >= 4 is 27.4 Å². The Bertz CT molecular complexity index is 1110. The number of carbonyl (C=O) groups is 1. The third kappa shape index (κ3) is 4.19. The lowest BCUT2D eigenvalue weighted by atomic mass is 10.3. The molecule has 4 rings (SSSR count). The molecule has 0 atom stereocenters. The Morgan fingerprint density at radius 2 is 1.73 bits per heavy atom. The number of carbonyl (C=O) groups excluding carboxylic acids is 1. The molecule has 30 heavy (non-hydrogen) atoms. The van der Waals surface area contributed by atoms with Gasteiger partial charge in [-0.25, -0.2) is 8.42 Å². The molecule has 1 aromatic carbocycles. The van der Waals surface area contributed by atoms with Gasteiger partial charge in [0.1, 0.15) is 5.69 Å². The monoisotopic (exact) mass is 427 g/mol.